The van der Waals surface area contributed by atoms with E-state index in [9.17, 15) is 14.3 Å². The topological polar surface area (TPSA) is 62.7 Å². The maximum atomic E-state index is 13.8. The Morgan fingerprint density at radius 2 is 2.32 bits per heavy atom. The Labute approximate surface area is 145 Å². The number of aromatic nitrogens is 1. The Hall–Kier alpha value is -2.21. The molecule has 1 saturated heterocycles. The van der Waals surface area contributed by atoms with E-state index in [1.54, 1.807) is 13.2 Å². The first-order valence-electron chi connectivity index (χ1n) is 8.60. The third-order valence-electron chi connectivity index (χ3n) is 5.73. The Bertz CT molecular complexity index is 841. The van der Waals surface area contributed by atoms with Gasteiger partial charge in [0.25, 0.3) is 0 Å². The van der Waals surface area contributed by atoms with Crippen molar-refractivity contribution in [3.05, 3.63) is 35.8 Å². The van der Waals surface area contributed by atoms with Gasteiger partial charge in [-0.3, -0.25) is 9.78 Å². The van der Waals surface area contributed by atoms with Gasteiger partial charge in [-0.15, -0.1) is 0 Å². The van der Waals surface area contributed by atoms with E-state index in [1.807, 2.05) is 6.07 Å². The molecule has 1 aromatic carbocycles. The second-order valence-corrected chi connectivity index (χ2v) is 7.16. The lowest BCUT2D eigenvalue weighted by Crippen LogP contribution is -2.35. The number of ether oxygens (including phenoxy) is 1. The molecule has 1 aromatic heterocycles. The Morgan fingerprint density at radius 3 is 3.04 bits per heavy atom. The van der Waals surface area contributed by atoms with Crippen molar-refractivity contribution in [2.45, 2.75) is 25.9 Å². The SMILES string of the molecule is COCc1cc(N2C[C@@H]3CCC[C@@]3(C(=O)O)C2)c2cc(F)ccc2n1. The Balaban J connectivity index is 1.81. The molecular weight excluding hydrogens is 323 g/mol. The second kappa shape index (κ2) is 5.95. The summed E-state index contributed by atoms with van der Waals surface area (Å²) in [6.07, 6.45) is 2.61. The van der Waals surface area contributed by atoms with Crippen LogP contribution in [0.5, 0.6) is 0 Å². The van der Waals surface area contributed by atoms with E-state index < -0.39 is 11.4 Å². The number of fused-ring (bicyclic) bond motifs is 2. The molecule has 0 spiro atoms. The number of benzene rings is 1. The molecule has 1 N–H and O–H groups in total. The summed E-state index contributed by atoms with van der Waals surface area (Å²) in [5, 5.41) is 10.5. The number of anilines is 1. The number of aliphatic carboxylic acids is 1. The molecule has 0 unspecified atom stereocenters. The molecule has 0 radical (unpaired) electrons. The number of carboxylic acid groups (broad SMARTS) is 1. The highest BCUT2D eigenvalue weighted by Crippen LogP contribution is 2.50. The van der Waals surface area contributed by atoms with Crippen molar-refractivity contribution in [2.75, 3.05) is 25.1 Å². The molecule has 0 bridgehead atoms. The minimum atomic E-state index is -0.709. The second-order valence-electron chi connectivity index (χ2n) is 7.16. The number of rotatable bonds is 4. The maximum Gasteiger partial charge on any atom is 0.311 e. The summed E-state index contributed by atoms with van der Waals surface area (Å²) in [5.41, 5.74) is 1.64. The van der Waals surface area contributed by atoms with E-state index in [1.165, 1.54) is 12.1 Å². The summed E-state index contributed by atoms with van der Waals surface area (Å²) in [6, 6.07) is 6.45. The molecule has 2 aromatic rings. The number of carbonyl (C=O) groups is 1. The average molecular weight is 344 g/mol. The van der Waals surface area contributed by atoms with Crippen LogP contribution in [-0.4, -0.2) is 36.3 Å². The van der Waals surface area contributed by atoms with Crippen molar-refractivity contribution in [3.63, 3.8) is 0 Å². The summed E-state index contributed by atoms with van der Waals surface area (Å²) in [5.74, 6) is -0.880. The summed E-state index contributed by atoms with van der Waals surface area (Å²) in [7, 11) is 1.61. The molecule has 2 atom stereocenters. The van der Waals surface area contributed by atoms with Gasteiger partial charge in [-0.05, 0) is 43.0 Å². The van der Waals surface area contributed by atoms with E-state index in [0.717, 1.165) is 29.6 Å². The summed E-state index contributed by atoms with van der Waals surface area (Å²) in [6.45, 7) is 1.52. The van der Waals surface area contributed by atoms with Crippen LogP contribution in [0.1, 0.15) is 25.0 Å². The fraction of sp³-hybridized carbons (Fsp3) is 0.474. The molecular formula is C19H21FN2O3. The van der Waals surface area contributed by atoms with Gasteiger partial charge in [0.2, 0.25) is 0 Å². The number of carboxylic acids is 1. The first kappa shape index (κ1) is 16.3. The highest BCUT2D eigenvalue weighted by Gasteiger charge is 2.55. The third kappa shape index (κ3) is 2.56. The molecule has 0 amide bonds. The zero-order valence-electron chi connectivity index (χ0n) is 14.2. The van der Waals surface area contributed by atoms with Gasteiger partial charge in [-0.1, -0.05) is 6.42 Å². The Morgan fingerprint density at radius 1 is 1.48 bits per heavy atom. The zero-order chi connectivity index (χ0) is 17.6. The smallest absolute Gasteiger partial charge is 0.311 e. The lowest BCUT2D eigenvalue weighted by atomic mass is 9.81. The van der Waals surface area contributed by atoms with Crippen LogP contribution >= 0.6 is 0 Å². The van der Waals surface area contributed by atoms with Crippen LogP contribution in [0.2, 0.25) is 0 Å². The van der Waals surface area contributed by atoms with E-state index in [2.05, 4.69) is 9.88 Å². The molecule has 6 heteroatoms. The highest BCUT2D eigenvalue weighted by atomic mass is 19.1. The first-order chi connectivity index (χ1) is 12.0. The van der Waals surface area contributed by atoms with Crippen molar-refractivity contribution in [1.82, 2.24) is 4.98 Å². The standard InChI is InChI=1S/C19H21FN2O3/c1-25-10-14-8-17(15-7-13(20)4-5-16(15)21-14)22-9-12-3-2-6-19(12,11-22)18(23)24/h4-5,7-8,12H,2-3,6,9-11H2,1H3,(H,23,24)/t12-,19+/m0/s1. The van der Waals surface area contributed by atoms with Crippen molar-refractivity contribution < 1.29 is 19.0 Å². The van der Waals surface area contributed by atoms with Crippen LogP contribution in [-0.2, 0) is 16.1 Å². The fourth-order valence-corrected chi connectivity index (χ4v) is 4.54. The molecule has 1 aliphatic carbocycles. The van der Waals surface area contributed by atoms with Gasteiger partial charge < -0.3 is 14.7 Å². The number of nitrogens with zero attached hydrogens (tertiary/aromatic N) is 2. The summed E-state index contributed by atoms with van der Waals surface area (Å²) in [4.78, 5) is 18.6. The molecule has 1 saturated carbocycles. The molecule has 132 valence electrons. The van der Waals surface area contributed by atoms with Gasteiger partial charge in [-0.25, -0.2) is 4.39 Å². The van der Waals surface area contributed by atoms with E-state index in [0.29, 0.717) is 31.6 Å². The van der Waals surface area contributed by atoms with Gasteiger partial charge in [0.05, 0.1) is 23.2 Å². The van der Waals surface area contributed by atoms with Crippen LogP contribution in [0.3, 0.4) is 0 Å². The largest absolute Gasteiger partial charge is 0.481 e. The molecule has 2 fully saturated rings. The first-order valence-corrected chi connectivity index (χ1v) is 8.60. The molecule has 25 heavy (non-hydrogen) atoms. The Kier molecular flexibility index (Phi) is 3.87. The van der Waals surface area contributed by atoms with Crippen molar-refractivity contribution in [3.8, 4) is 0 Å². The minimum Gasteiger partial charge on any atom is -0.481 e. The van der Waals surface area contributed by atoms with Crippen LogP contribution in [0, 0.1) is 17.2 Å². The monoisotopic (exact) mass is 344 g/mol. The molecule has 1 aliphatic heterocycles. The van der Waals surface area contributed by atoms with Gasteiger partial charge in [-0.2, -0.15) is 0 Å². The van der Waals surface area contributed by atoms with Crippen molar-refractivity contribution >= 4 is 22.6 Å². The van der Waals surface area contributed by atoms with Crippen LogP contribution in [0.25, 0.3) is 10.9 Å². The number of pyridine rings is 1. The number of methoxy groups -OCH3 is 1. The van der Waals surface area contributed by atoms with Gasteiger partial charge in [0.1, 0.15) is 5.82 Å². The van der Waals surface area contributed by atoms with Crippen LogP contribution < -0.4 is 4.90 Å². The number of hydrogen-bond acceptors (Lipinski definition) is 4. The lowest BCUT2D eigenvalue weighted by molar-refractivity contribution is -0.149. The number of hydrogen-bond donors (Lipinski definition) is 1. The predicted octanol–water partition coefficient (Wildman–Crippen LogP) is 3.21. The van der Waals surface area contributed by atoms with Gasteiger partial charge >= 0.3 is 5.97 Å². The van der Waals surface area contributed by atoms with Gasteiger partial charge in [0, 0.05) is 31.3 Å². The highest BCUT2D eigenvalue weighted by molar-refractivity contribution is 5.93. The lowest BCUT2D eigenvalue weighted by Gasteiger charge is -2.25. The van der Waals surface area contributed by atoms with Gasteiger partial charge in [0.15, 0.2) is 0 Å². The van der Waals surface area contributed by atoms with E-state index >= 15 is 0 Å². The van der Waals surface area contributed by atoms with Crippen LogP contribution in [0.4, 0.5) is 10.1 Å². The molecule has 2 heterocycles. The quantitative estimate of drug-likeness (QED) is 0.923. The third-order valence-corrected chi connectivity index (χ3v) is 5.73. The predicted molar refractivity (Wildman–Crippen MR) is 92.0 cm³/mol. The maximum absolute atomic E-state index is 13.8. The molecule has 5 nitrogen and oxygen atoms in total. The van der Waals surface area contributed by atoms with E-state index in [-0.39, 0.29) is 11.7 Å². The van der Waals surface area contributed by atoms with Crippen molar-refractivity contribution in [1.29, 1.82) is 0 Å². The molecule has 4 rings (SSSR count). The zero-order valence-corrected chi connectivity index (χ0v) is 14.2. The fourth-order valence-electron chi connectivity index (χ4n) is 4.54. The summed E-state index contributed by atoms with van der Waals surface area (Å²) < 4.78 is 19.0. The van der Waals surface area contributed by atoms with Crippen molar-refractivity contribution in [2.24, 2.45) is 11.3 Å². The summed E-state index contributed by atoms with van der Waals surface area (Å²) >= 11 is 0. The normalized spacial score (nSPS) is 25.5. The number of halogens is 1. The average Bonchev–Trinajstić information content (AvgIpc) is 3.13. The van der Waals surface area contributed by atoms with Crippen LogP contribution in [0.15, 0.2) is 24.3 Å². The van der Waals surface area contributed by atoms with E-state index in [4.69, 9.17) is 4.74 Å². The molecule has 2 aliphatic rings. The minimum absolute atomic E-state index is 0.146.